The molecule has 2 aromatic rings. The van der Waals surface area contributed by atoms with Crippen LogP contribution in [-0.2, 0) is 7.05 Å². The van der Waals surface area contributed by atoms with E-state index in [1.807, 2.05) is 47.0 Å². The summed E-state index contributed by atoms with van der Waals surface area (Å²) in [7, 11) is 1.96. The SMILES string of the molecule is CCN(CC)CCOc1ccc(C(=O)N2CCNCC2c2nccn2C)cc1.Cl.Cl. The number of amides is 1. The van der Waals surface area contributed by atoms with Gasteiger partial charge in [0.15, 0.2) is 0 Å². The summed E-state index contributed by atoms with van der Waals surface area (Å²) in [5, 5.41) is 3.37. The molecular formula is C21H33Cl2N5O2. The molecule has 2 heterocycles. The Hall–Kier alpha value is -1.80. The summed E-state index contributed by atoms with van der Waals surface area (Å²) in [5.74, 6) is 1.73. The Morgan fingerprint density at radius 2 is 1.93 bits per heavy atom. The first-order valence-corrected chi connectivity index (χ1v) is 10.1. The lowest BCUT2D eigenvalue weighted by Crippen LogP contribution is -2.49. The van der Waals surface area contributed by atoms with Gasteiger partial charge in [0.25, 0.3) is 5.91 Å². The predicted octanol–water partition coefficient (Wildman–Crippen LogP) is 2.77. The lowest BCUT2D eigenvalue weighted by molar-refractivity contribution is 0.0621. The van der Waals surface area contributed by atoms with Gasteiger partial charge in [0.1, 0.15) is 24.2 Å². The highest BCUT2D eigenvalue weighted by molar-refractivity contribution is 5.94. The average molecular weight is 458 g/mol. The minimum absolute atomic E-state index is 0. The molecule has 0 aliphatic carbocycles. The largest absolute Gasteiger partial charge is 0.492 e. The number of hydrogen-bond acceptors (Lipinski definition) is 5. The zero-order chi connectivity index (χ0) is 19.9. The summed E-state index contributed by atoms with van der Waals surface area (Å²) >= 11 is 0. The highest BCUT2D eigenvalue weighted by Crippen LogP contribution is 2.23. The van der Waals surface area contributed by atoms with Crippen molar-refractivity contribution in [2.75, 3.05) is 45.9 Å². The summed E-state index contributed by atoms with van der Waals surface area (Å²) in [4.78, 5) is 21.8. The first-order chi connectivity index (χ1) is 13.6. The van der Waals surface area contributed by atoms with Crippen LogP contribution in [-0.4, -0.2) is 71.1 Å². The second-order valence-electron chi connectivity index (χ2n) is 7.01. The van der Waals surface area contributed by atoms with Crippen LogP contribution in [0.2, 0.25) is 0 Å². The maximum absolute atomic E-state index is 13.1. The lowest BCUT2D eigenvalue weighted by Gasteiger charge is -2.35. The quantitative estimate of drug-likeness (QED) is 0.659. The van der Waals surface area contributed by atoms with Crippen LogP contribution in [0, 0.1) is 0 Å². The lowest BCUT2D eigenvalue weighted by atomic mass is 10.1. The number of nitrogens with zero attached hydrogens (tertiary/aromatic N) is 4. The van der Waals surface area contributed by atoms with Crippen molar-refractivity contribution in [1.82, 2.24) is 24.7 Å². The Morgan fingerprint density at radius 3 is 2.53 bits per heavy atom. The van der Waals surface area contributed by atoms with Crippen molar-refractivity contribution in [2.24, 2.45) is 7.05 Å². The van der Waals surface area contributed by atoms with Crippen LogP contribution in [0.5, 0.6) is 5.75 Å². The highest BCUT2D eigenvalue weighted by Gasteiger charge is 2.30. The normalized spacial score (nSPS) is 16.0. The standard InChI is InChI=1S/C21H31N5O2.2ClH/c1-4-25(5-2)14-15-28-18-8-6-17(7-9-18)21(27)26-13-10-22-16-19(26)20-23-11-12-24(20)3;;/h6-9,11-12,19,22H,4-5,10,13-16H2,1-3H3;2*1H. The fourth-order valence-electron chi connectivity index (χ4n) is 3.57. The molecule has 9 heteroatoms. The van der Waals surface area contributed by atoms with Gasteiger partial charge in [-0.25, -0.2) is 4.98 Å². The maximum Gasteiger partial charge on any atom is 0.254 e. The van der Waals surface area contributed by atoms with Crippen LogP contribution in [0.25, 0.3) is 0 Å². The number of carbonyl (C=O) groups is 1. The van der Waals surface area contributed by atoms with E-state index >= 15 is 0 Å². The Bertz CT molecular complexity index is 765. The summed E-state index contributed by atoms with van der Waals surface area (Å²) in [6.07, 6.45) is 3.69. The number of rotatable bonds is 8. The topological polar surface area (TPSA) is 62.6 Å². The summed E-state index contributed by atoms with van der Waals surface area (Å²) in [6.45, 7) is 10.1. The maximum atomic E-state index is 13.1. The van der Waals surface area contributed by atoms with Crippen molar-refractivity contribution in [3.8, 4) is 5.75 Å². The van der Waals surface area contributed by atoms with Crippen LogP contribution in [0.4, 0.5) is 0 Å². The van der Waals surface area contributed by atoms with Crippen molar-refractivity contribution < 1.29 is 9.53 Å². The molecule has 1 aliphatic rings. The van der Waals surface area contributed by atoms with Gasteiger partial charge in [0, 0.05) is 51.2 Å². The van der Waals surface area contributed by atoms with Crippen LogP contribution in [0.1, 0.15) is 36.1 Å². The van der Waals surface area contributed by atoms with Crippen molar-refractivity contribution in [3.63, 3.8) is 0 Å². The molecule has 1 aromatic heterocycles. The average Bonchev–Trinajstić information content (AvgIpc) is 3.17. The first-order valence-electron chi connectivity index (χ1n) is 10.1. The molecule has 1 amide bonds. The number of nitrogens with one attached hydrogen (secondary N) is 1. The van der Waals surface area contributed by atoms with E-state index in [1.165, 1.54) is 0 Å². The number of carbonyl (C=O) groups excluding carboxylic acids is 1. The number of halogens is 2. The molecule has 1 unspecified atom stereocenters. The molecule has 1 saturated heterocycles. The van der Waals surface area contributed by atoms with E-state index in [4.69, 9.17) is 4.74 Å². The first kappa shape index (κ1) is 26.2. The van der Waals surface area contributed by atoms with Crippen LogP contribution < -0.4 is 10.1 Å². The van der Waals surface area contributed by atoms with Crippen LogP contribution >= 0.6 is 24.8 Å². The monoisotopic (exact) mass is 457 g/mol. The highest BCUT2D eigenvalue weighted by atomic mass is 35.5. The van der Waals surface area contributed by atoms with Gasteiger partial charge in [0.05, 0.1) is 0 Å². The van der Waals surface area contributed by atoms with Crippen molar-refractivity contribution in [1.29, 1.82) is 0 Å². The fraction of sp³-hybridized carbons (Fsp3) is 0.524. The third-order valence-corrected chi connectivity index (χ3v) is 5.33. The number of ether oxygens (including phenoxy) is 1. The number of aromatic nitrogens is 2. The minimum atomic E-state index is -0.0637. The van der Waals surface area contributed by atoms with Gasteiger partial charge in [-0.2, -0.15) is 0 Å². The molecule has 1 N–H and O–H groups in total. The van der Waals surface area contributed by atoms with Crippen molar-refractivity contribution in [3.05, 3.63) is 48.0 Å². The van der Waals surface area contributed by atoms with Gasteiger partial charge < -0.3 is 24.4 Å². The van der Waals surface area contributed by atoms with Crippen molar-refractivity contribution >= 4 is 30.7 Å². The Kier molecular flexibility index (Phi) is 11.2. The Morgan fingerprint density at radius 1 is 1.23 bits per heavy atom. The van der Waals surface area contributed by atoms with E-state index in [2.05, 4.69) is 29.0 Å². The molecule has 7 nitrogen and oxygen atoms in total. The van der Waals surface area contributed by atoms with E-state index < -0.39 is 0 Å². The molecule has 0 spiro atoms. The summed E-state index contributed by atoms with van der Waals surface area (Å²) in [5.41, 5.74) is 0.678. The predicted molar refractivity (Wildman–Crippen MR) is 124 cm³/mol. The zero-order valence-electron chi connectivity index (χ0n) is 17.9. The molecule has 3 rings (SSSR count). The molecule has 0 bridgehead atoms. The number of hydrogen-bond donors (Lipinski definition) is 1. The molecule has 168 valence electrons. The van der Waals surface area contributed by atoms with Gasteiger partial charge in [-0.1, -0.05) is 13.8 Å². The van der Waals surface area contributed by atoms with Gasteiger partial charge in [0.2, 0.25) is 0 Å². The van der Waals surface area contributed by atoms with E-state index in [0.29, 0.717) is 25.3 Å². The summed E-state index contributed by atoms with van der Waals surface area (Å²) in [6, 6.07) is 7.41. The number of likely N-dealkylation sites (N-methyl/N-ethyl adjacent to an activating group) is 1. The van der Waals surface area contributed by atoms with Gasteiger partial charge in [-0.3, -0.25) is 4.79 Å². The molecule has 1 aliphatic heterocycles. The number of aryl methyl sites for hydroxylation is 1. The van der Waals surface area contributed by atoms with Gasteiger partial charge in [-0.15, -0.1) is 24.8 Å². The number of piperazine rings is 1. The van der Waals surface area contributed by atoms with E-state index in [1.54, 1.807) is 6.20 Å². The van der Waals surface area contributed by atoms with E-state index in [9.17, 15) is 4.79 Å². The number of imidazole rings is 1. The van der Waals surface area contributed by atoms with Gasteiger partial charge in [-0.05, 0) is 37.4 Å². The van der Waals surface area contributed by atoms with Crippen molar-refractivity contribution in [2.45, 2.75) is 19.9 Å². The molecular weight excluding hydrogens is 425 g/mol. The summed E-state index contributed by atoms with van der Waals surface area (Å²) < 4.78 is 7.80. The Balaban J connectivity index is 0.00000225. The fourth-order valence-corrected chi connectivity index (χ4v) is 3.57. The second-order valence-corrected chi connectivity index (χ2v) is 7.01. The minimum Gasteiger partial charge on any atom is -0.492 e. The molecule has 1 fully saturated rings. The molecule has 0 saturated carbocycles. The molecule has 0 radical (unpaired) electrons. The van der Waals surface area contributed by atoms with E-state index in [0.717, 1.165) is 37.8 Å². The number of benzene rings is 1. The third-order valence-electron chi connectivity index (χ3n) is 5.33. The smallest absolute Gasteiger partial charge is 0.254 e. The Labute approximate surface area is 191 Å². The van der Waals surface area contributed by atoms with Gasteiger partial charge >= 0.3 is 0 Å². The van der Waals surface area contributed by atoms with Crippen LogP contribution in [0.15, 0.2) is 36.7 Å². The van der Waals surface area contributed by atoms with E-state index in [-0.39, 0.29) is 36.8 Å². The third kappa shape index (κ3) is 6.35. The molecule has 1 aromatic carbocycles. The molecule has 1 atom stereocenters. The second kappa shape index (κ2) is 12.8. The zero-order valence-corrected chi connectivity index (χ0v) is 19.5. The molecule has 30 heavy (non-hydrogen) atoms. The van der Waals surface area contributed by atoms with Crippen LogP contribution in [0.3, 0.4) is 0 Å².